The van der Waals surface area contributed by atoms with Crippen molar-refractivity contribution in [2.24, 2.45) is 5.92 Å². The summed E-state index contributed by atoms with van der Waals surface area (Å²) in [7, 11) is 0. The van der Waals surface area contributed by atoms with Crippen LogP contribution in [-0.4, -0.2) is 29.7 Å². The molecule has 0 radical (unpaired) electrons. The van der Waals surface area contributed by atoms with Crippen molar-refractivity contribution in [1.82, 2.24) is 15.3 Å². The molecule has 1 aliphatic carbocycles. The minimum atomic E-state index is -0.348. The van der Waals surface area contributed by atoms with E-state index in [9.17, 15) is 4.39 Å². The van der Waals surface area contributed by atoms with Gasteiger partial charge in [0.05, 0.1) is 23.6 Å². The highest BCUT2D eigenvalue weighted by Crippen LogP contribution is 2.36. The molecule has 2 aliphatic rings. The highest BCUT2D eigenvalue weighted by atomic mass is 19.1. The number of hydrogen-bond acceptors (Lipinski definition) is 5. The van der Waals surface area contributed by atoms with Gasteiger partial charge in [-0.05, 0) is 56.3 Å². The maximum atomic E-state index is 14.6. The molecule has 132 valence electrons. The summed E-state index contributed by atoms with van der Waals surface area (Å²) in [6.45, 7) is 2.50. The van der Waals surface area contributed by atoms with Gasteiger partial charge < -0.3 is 15.8 Å². The van der Waals surface area contributed by atoms with Gasteiger partial charge in [-0.2, -0.15) is 0 Å². The molecule has 4 rings (SSSR count). The molecule has 1 saturated carbocycles. The van der Waals surface area contributed by atoms with Crippen LogP contribution in [0.15, 0.2) is 24.3 Å². The Morgan fingerprint density at radius 3 is 2.88 bits per heavy atom. The standard InChI is InChI=1S/C19H23FN4O/c20-14-4-1-5-17(25-11-12-6-7-12)18(14)16-9-15(23-19(21)24-16)13-3-2-8-22-10-13/h1,4-5,9,12-13,22H,2-3,6-8,10-11H2,(H2,21,23,24). The summed E-state index contributed by atoms with van der Waals surface area (Å²) in [5.41, 5.74) is 7.67. The average Bonchev–Trinajstić information content (AvgIpc) is 3.44. The van der Waals surface area contributed by atoms with Crippen LogP contribution in [0.1, 0.15) is 37.3 Å². The predicted molar refractivity (Wildman–Crippen MR) is 94.9 cm³/mol. The maximum absolute atomic E-state index is 14.6. The summed E-state index contributed by atoms with van der Waals surface area (Å²) in [5, 5.41) is 3.37. The van der Waals surface area contributed by atoms with Crippen molar-refractivity contribution < 1.29 is 9.13 Å². The van der Waals surface area contributed by atoms with Crippen molar-refractivity contribution in [3.8, 4) is 17.0 Å². The number of nitrogens with two attached hydrogens (primary N) is 1. The van der Waals surface area contributed by atoms with Crippen LogP contribution in [0, 0.1) is 11.7 Å². The summed E-state index contributed by atoms with van der Waals surface area (Å²) >= 11 is 0. The Hall–Kier alpha value is -2.21. The molecule has 1 atom stereocenters. The largest absolute Gasteiger partial charge is 0.492 e. The van der Waals surface area contributed by atoms with E-state index in [0.717, 1.165) is 31.6 Å². The zero-order valence-electron chi connectivity index (χ0n) is 14.2. The van der Waals surface area contributed by atoms with Gasteiger partial charge in [0.2, 0.25) is 5.95 Å². The van der Waals surface area contributed by atoms with Gasteiger partial charge in [-0.25, -0.2) is 14.4 Å². The molecule has 1 aliphatic heterocycles. The molecule has 0 bridgehead atoms. The van der Waals surface area contributed by atoms with Gasteiger partial charge in [0.15, 0.2) is 0 Å². The van der Waals surface area contributed by atoms with Crippen molar-refractivity contribution in [2.75, 3.05) is 25.4 Å². The molecule has 1 aromatic carbocycles. The second-order valence-electron chi connectivity index (χ2n) is 6.95. The second kappa shape index (κ2) is 6.96. The molecule has 2 heterocycles. The summed E-state index contributed by atoms with van der Waals surface area (Å²) in [6.07, 6.45) is 4.51. The molecule has 0 amide bonds. The first-order chi connectivity index (χ1) is 12.2. The van der Waals surface area contributed by atoms with Crippen molar-refractivity contribution >= 4 is 5.95 Å². The van der Waals surface area contributed by atoms with E-state index < -0.39 is 0 Å². The zero-order chi connectivity index (χ0) is 17.2. The first kappa shape index (κ1) is 16.3. The molecule has 2 aromatic rings. The number of halogens is 1. The number of rotatable bonds is 5. The minimum Gasteiger partial charge on any atom is -0.492 e. The average molecular weight is 342 g/mol. The number of anilines is 1. The number of nitrogens with one attached hydrogen (secondary N) is 1. The number of hydrogen-bond donors (Lipinski definition) is 2. The highest BCUT2D eigenvalue weighted by molar-refractivity contribution is 5.69. The van der Waals surface area contributed by atoms with Gasteiger partial charge in [0.1, 0.15) is 11.6 Å². The van der Waals surface area contributed by atoms with Crippen LogP contribution < -0.4 is 15.8 Å². The SMILES string of the molecule is Nc1nc(-c2c(F)cccc2OCC2CC2)cc(C2CCCNC2)n1. The van der Waals surface area contributed by atoms with E-state index in [2.05, 4.69) is 15.3 Å². The summed E-state index contributed by atoms with van der Waals surface area (Å²) in [4.78, 5) is 8.68. The van der Waals surface area contributed by atoms with Crippen LogP contribution in [0.2, 0.25) is 0 Å². The maximum Gasteiger partial charge on any atom is 0.220 e. The lowest BCUT2D eigenvalue weighted by atomic mass is 9.95. The lowest BCUT2D eigenvalue weighted by molar-refractivity contribution is 0.299. The Morgan fingerprint density at radius 1 is 1.24 bits per heavy atom. The van der Waals surface area contributed by atoms with Crippen LogP contribution in [0.5, 0.6) is 5.75 Å². The molecule has 6 heteroatoms. The van der Waals surface area contributed by atoms with Gasteiger partial charge >= 0.3 is 0 Å². The van der Waals surface area contributed by atoms with Crippen LogP contribution in [-0.2, 0) is 0 Å². The van der Waals surface area contributed by atoms with Gasteiger partial charge in [0, 0.05) is 12.5 Å². The van der Waals surface area contributed by atoms with E-state index in [-0.39, 0.29) is 17.7 Å². The third kappa shape index (κ3) is 3.74. The third-order valence-electron chi connectivity index (χ3n) is 4.88. The van der Waals surface area contributed by atoms with E-state index in [1.807, 2.05) is 6.07 Å². The number of benzene rings is 1. The zero-order valence-corrected chi connectivity index (χ0v) is 14.2. The number of piperidine rings is 1. The third-order valence-corrected chi connectivity index (χ3v) is 4.88. The second-order valence-corrected chi connectivity index (χ2v) is 6.95. The fourth-order valence-corrected chi connectivity index (χ4v) is 3.29. The van der Waals surface area contributed by atoms with Crippen molar-refractivity contribution in [2.45, 2.75) is 31.6 Å². The minimum absolute atomic E-state index is 0.175. The Kier molecular flexibility index (Phi) is 4.53. The van der Waals surface area contributed by atoms with Crippen molar-refractivity contribution in [3.05, 3.63) is 35.8 Å². The fourth-order valence-electron chi connectivity index (χ4n) is 3.29. The molecule has 5 nitrogen and oxygen atoms in total. The molecule has 25 heavy (non-hydrogen) atoms. The molecular weight excluding hydrogens is 319 g/mol. The molecule has 2 fully saturated rings. The predicted octanol–water partition coefficient (Wildman–Crippen LogP) is 3.12. The fraction of sp³-hybridized carbons (Fsp3) is 0.474. The van der Waals surface area contributed by atoms with Crippen LogP contribution >= 0.6 is 0 Å². The Morgan fingerprint density at radius 2 is 2.12 bits per heavy atom. The van der Waals surface area contributed by atoms with E-state index in [4.69, 9.17) is 10.5 Å². The lowest BCUT2D eigenvalue weighted by Gasteiger charge is -2.23. The number of aromatic nitrogens is 2. The smallest absolute Gasteiger partial charge is 0.220 e. The van der Waals surface area contributed by atoms with Crippen LogP contribution in [0.4, 0.5) is 10.3 Å². The quantitative estimate of drug-likeness (QED) is 0.873. The van der Waals surface area contributed by atoms with Crippen molar-refractivity contribution in [1.29, 1.82) is 0 Å². The normalized spacial score (nSPS) is 20.4. The van der Waals surface area contributed by atoms with Gasteiger partial charge in [-0.1, -0.05) is 6.07 Å². The summed E-state index contributed by atoms with van der Waals surface area (Å²) in [5.74, 6) is 1.22. The molecule has 1 unspecified atom stereocenters. The molecule has 3 N–H and O–H groups in total. The van der Waals surface area contributed by atoms with Crippen LogP contribution in [0.25, 0.3) is 11.3 Å². The Balaban J connectivity index is 1.69. The van der Waals surface area contributed by atoms with Gasteiger partial charge in [-0.15, -0.1) is 0 Å². The Bertz CT molecular complexity index is 757. The Labute approximate surface area is 146 Å². The van der Waals surface area contributed by atoms with Gasteiger partial charge in [0.25, 0.3) is 0 Å². The topological polar surface area (TPSA) is 73.1 Å². The van der Waals surface area contributed by atoms with Crippen molar-refractivity contribution in [3.63, 3.8) is 0 Å². The van der Waals surface area contributed by atoms with Gasteiger partial charge in [-0.3, -0.25) is 0 Å². The number of nitrogens with zero attached hydrogens (tertiary/aromatic N) is 2. The van der Waals surface area contributed by atoms with E-state index in [0.29, 0.717) is 29.5 Å². The number of nitrogen functional groups attached to an aromatic ring is 1. The van der Waals surface area contributed by atoms with E-state index >= 15 is 0 Å². The summed E-state index contributed by atoms with van der Waals surface area (Å²) in [6, 6.07) is 6.74. The number of ether oxygens (including phenoxy) is 1. The molecule has 0 spiro atoms. The summed E-state index contributed by atoms with van der Waals surface area (Å²) < 4.78 is 20.5. The first-order valence-corrected chi connectivity index (χ1v) is 8.97. The van der Waals surface area contributed by atoms with E-state index in [1.54, 1.807) is 12.1 Å². The molecule has 1 aromatic heterocycles. The molecular formula is C19H23FN4O. The highest BCUT2D eigenvalue weighted by Gasteiger charge is 2.24. The molecule has 1 saturated heterocycles. The van der Waals surface area contributed by atoms with E-state index in [1.165, 1.54) is 18.9 Å². The first-order valence-electron chi connectivity index (χ1n) is 8.97. The van der Waals surface area contributed by atoms with Crippen LogP contribution in [0.3, 0.4) is 0 Å². The lowest BCUT2D eigenvalue weighted by Crippen LogP contribution is -2.29. The monoisotopic (exact) mass is 342 g/mol.